The highest BCUT2D eigenvalue weighted by Crippen LogP contribution is 2.75. The lowest BCUT2D eigenvalue weighted by atomic mass is 9.48. The molecule has 4 aliphatic carbocycles. The van der Waals surface area contributed by atoms with Gasteiger partial charge in [-0.2, -0.15) is 0 Å². The number of hydrogen-bond donors (Lipinski definition) is 2. The fraction of sp³-hybridized carbons (Fsp3) is 0.786. The van der Waals surface area contributed by atoms with Crippen LogP contribution in [0.15, 0.2) is 35.5 Å². The standard InChI is InChI=1S/C28H42O3/c1-16(2)17(3)7-8-18(4)21-15-25-28(31-25)22-14-24(30)23-13-19(29)9-11-26(23,5)20(22)10-12-27(21,28)6/h7-8,13-14,16-21,24-25,29-30H,9-12,15H2,1-6H3/b8-7+/t17?,18?,19-,20-,21+,24-,25+,26+,27+,28+/m0/s1. The highest BCUT2D eigenvalue weighted by molar-refractivity contribution is 5.48. The average molecular weight is 427 g/mol. The molecule has 0 radical (unpaired) electrons. The molecule has 0 amide bonds. The van der Waals surface area contributed by atoms with Gasteiger partial charge in [0.25, 0.3) is 0 Å². The third kappa shape index (κ3) is 2.88. The second-order valence-electron chi connectivity index (χ2n) is 12.3. The van der Waals surface area contributed by atoms with E-state index in [2.05, 4.69) is 59.8 Å². The molecule has 2 N–H and O–H groups in total. The molecule has 3 fully saturated rings. The molecule has 1 saturated heterocycles. The van der Waals surface area contributed by atoms with Crippen LogP contribution in [0.3, 0.4) is 0 Å². The lowest BCUT2D eigenvalue weighted by Crippen LogP contribution is -2.53. The van der Waals surface area contributed by atoms with E-state index in [9.17, 15) is 10.2 Å². The van der Waals surface area contributed by atoms with Gasteiger partial charge in [0.1, 0.15) is 5.60 Å². The molecular weight excluding hydrogens is 384 g/mol. The van der Waals surface area contributed by atoms with Crippen LogP contribution in [0.25, 0.3) is 0 Å². The topological polar surface area (TPSA) is 53.0 Å². The quantitative estimate of drug-likeness (QED) is 0.465. The number of aliphatic hydroxyl groups is 2. The maximum absolute atomic E-state index is 11.1. The molecule has 1 heterocycles. The van der Waals surface area contributed by atoms with Gasteiger partial charge in [-0.3, -0.25) is 0 Å². The van der Waals surface area contributed by atoms with Gasteiger partial charge in [-0.1, -0.05) is 59.8 Å². The number of ether oxygens (including phenoxy) is 1. The van der Waals surface area contributed by atoms with E-state index in [4.69, 9.17) is 4.74 Å². The summed E-state index contributed by atoms with van der Waals surface area (Å²) in [7, 11) is 0. The molecule has 10 atom stereocenters. The van der Waals surface area contributed by atoms with E-state index in [-0.39, 0.29) is 16.4 Å². The van der Waals surface area contributed by atoms with E-state index in [0.29, 0.717) is 35.7 Å². The van der Waals surface area contributed by atoms with Gasteiger partial charge in [-0.15, -0.1) is 0 Å². The summed E-state index contributed by atoms with van der Waals surface area (Å²) < 4.78 is 6.58. The first-order valence-corrected chi connectivity index (χ1v) is 12.7. The number of hydrogen-bond acceptors (Lipinski definition) is 3. The Morgan fingerprint density at radius 3 is 2.45 bits per heavy atom. The molecule has 0 aromatic carbocycles. The number of aliphatic hydroxyl groups excluding tert-OH is 2. The zero-order chi connectivity index (χ0) is 22.3. The summed E-state index contributed by atoms with van der Waals surface area (Å²) in [5.74, 6) is 2.88. The largest absolute Gasteiger partial charge is 0.389 e. The van der Waals surface area contributed by atoms with Crippen LogP contribution in [0, 0.1) is 40.4 Å². The average Bonchev–Trinajstić information content (AvgIpc) is 3.38. The van der Waals surface area contributed by atoms with Crippen molar-refractivity contribution in [2.45, 2.75) is 97.6 Å². The first-order valence-electron chi connectivity index (χ1n) is 12.7. The molecule has 0 aromatic heterocycles. The molecule has 2 saturated carbocycles. The summed E-state index contributed by atoms with van der Waals surface area (Å²) in [4.78, 5) is 0. The van der Waals surface area contributed by atoms with Crippen molar-refractivity contribution >= 4 is 0 Å². The molecule has 0 aromatic rings. The predicted molar refractivity (Wildman–Crippen MR) is 124 cm³/mol. The number of rotatable bonds is 4. The maximum Gasteiger partial charge on any atom is 0.122 e. The minimum atomic E-state index is -0.587. The van der Waals surface area contributed by atoms with Gasteiger partial charge in [0.05, 0.1) is 18.3 Å². The molecular formula is C28H42O3. The third-order valence-electron chi connectivity index (χ3n) is 10.4. The molecule has 5 aliphatic rings. The van der Waals surface area contributed by atoms with E-state index >= 15 is 0 Å². The van der Waals surface area contributed by atoms with Crippen molar-refractivity contribution in [3.63, 3.8) is 0 Å². The van der Waals surface area contributed by atoms with E-state index < -0.39 is 12.2 Å². The van der Waals surface area contributed by atoms with E-state index in [1.165, 1.54) is 12.0 Å². The number of fused-ring (bicyclic) bond motifs is 3. The second-order valence-corrected chi connectivity index (χ2v) is 12.3. The molecule has 0 bridgehead atoms. The summed E-state index contributed by atoms with van der Waals surface area (Å²) in [6.07, 6.45) is 13.5. The Morgan fingerprint density at radius 2 is 1.74 bits per heavy atom. The zero-order valence-electron chi connectivity index (χ0n) is 20.3. The predicted octanol–water partition coefficient (Wildman–Crippen LogP) is 5.43. The Hall–Kier alpha value is -0.900. The van der Waals surface area contributed by atoms with Gasteiger partial charge in [-0.05, 0) is 84.3 Å². The molecule has 1 aliphatic heterocycles. The van der Waals surface area contributed by atoms with Gasteiger partial charge < -0.3 is 14.9 Å². The minimum absolute atomic E-state index is 0.0500. The van der Waals surface area contributed by atoms with Crippen LogP contribution in [0.1, 0.15) is 73.6 Å². The van der Waals surface area contributed by atoms with Gasteiger partial charge in [0.2, 0.25) is 0 Å². The monoisotopic (exact) mass is 426 g/mol. The van der Waals surface area contributed by atoms with E-state index in [0.717, 1.165) is 31.3 Å². The molecule has 31 heavy (non-hydrogen) atoms. The van der Waals surface area contributed by atoms with Crippen LogP contribution >= 0.6 is 0 Å². The zero-order valence-corrected chi connectivity index (χ0v) is 20.3. The fourth-order valence-electron chi connectivity index (χ4n) is 8.03. The molecule has 3 nitrogen and oxygen atoms in total. The Labute approximate surface area is 188 Å². The Balaban J connectivity index is 1.47. The van der Waals surface area contributed by atoms with Crippen molar-refractivity contribution in [2.24, 2.45) is 40.4 Å². The fourth-order valence-corrected chi connectivity index (χ4v) is 8.03. The second kappa shape index (κ2) is 7.05. The van der Waals surface area contributed by atoms with Crippen LogP contribution in [-0.4, -0.2) is 34.1 Å². The van der Waals surface area contributed by atoms with E-state index in [1.54, 1.807) is 0 Å². The van der Waals surface area contributed by atoms with Crippen molar-refractivity contribution in [2.75, 3.05) is 0 Å². The lowest BCUT2D eigenvalue weighted by molar-refractivity contribution is -0.0149. The Morgan fingerprint density at radius 1 is 1.00 bits per heavy atom. The number of allylic oxidation sites excluding steroid dienone is 2. The van der Waals surface area contributed by atoms with Gasteiger partial charge in [0, 0.05) is 5.41 Å². The van der Waals surface area contributed by atoms with Crippen molar-refractivity contribution in [1.29, 1.82) is 0 Å². The molecule has 2 unspecified atom stereocenters. The van der Waals surface area contributed by atoms with Crippen LogP contribution in [-0.2, 0) is 4.74 Å². The summed E-state index contributed by atoms with van der Waals surface area (Å²) in [6, 6.07) is 0. The van der Waals surface area contributed by atoms with Gasteiger partial charge >= 0.3 is 0 Å². The molecule has 172 valence electrons. The normalized spacial score (nSPS) is 50.2. The summed E-state index contributed by atoms with van der Waals surface area (Å²) in [6.45, 7) is 14.1. The Kier molecular flexibility index (Phi) is 4.98. The molecule has 1 spiro atoms. The highest BCUT2D eigenvalue weighted by atomic mass is 16.6. The van der Waals surface area contributed by atoms with E-state index in [1.807, 2.05) is 6.08 Å². The first kappa shape index (κ1) is 21.9. The third-order valence-corrected chi connectivity index (χ3v) is 10.4. The number of epoxide rings is 1. The highest BCUT2D eigenvalue weighted by Gasteiger charge is 2.79. The molecule has 3 heteroatoms. The summed E-state index contributed by atoms with van der Waals surface area (Å²) >= 11 is 0. The first-order chi connectivity index (χ1) is 14.5. The minimum Gasteiger partial charge on any atom is -0.389 e. The van der Waals surface area contributed by atoms with Crippen molar-refractivity contribution in [3.8, 4) is 0 Å². The molecule has 5 rings (SSSR count). The van der Waals surface area contributed by atoms with Gasteiger partial charge in [-0.25, -0.2) is 0 Å². The van der Waals surface area contributed by atoms with Crippen LogP contribution < -0.4 is 0 Å². The van der Waals surface area contributed by atoms with Crippen LogP contribution in [0.2, 0.25) is 0 Å². The van der Waals surface area contributed by atoms with Crippen LogP contribution in [0.4, 0.5) is 0 Å². The van der Waals surface area contributed by atoms with Gasteiger partial charge in [0.15, 0.2) is 0 Å². The summed E-state index contributed by atoms with van der Waals surface area (Å²) in [5, 5.41) is 21.3. The lowest BCUT2D eigenvalue weighted by Gasteiger charge is -2.56. The van der Waals surface area contributed by atoms with Crippen molar-refractivity contribution in [1.82, 2.24) is 0 Å². The van der Waals surface area contributed by atoms with Crippen LogP contribution in [0.5, 0.6) is 0 Å². The van der Waals surface area contributed by atoms with Crippen molar-refractivity contribution in [3.05, 3.63) is 35.5 Å². The smallest absolute Gasteiger partial charge is 0.122 e. The maximum atomic E-state index is 11.1. The summed E-state index contributed by atoms with van der Waals surface area (Å²) in [5.41, 5.74) is 2.36. The SMILES string of the molecule is CC(C)C(C)/C=C/C(C)[C@H]1C[C@H]2O[C@]23C2=C[C@H](O)C4=C[C@@H](O)CC[C@]4(C)[C@H]2CC[C@]13C. The Bertz CT molecular complexity index is 839. The van der Waals surface area contributed by atoms with Crippen molar-refractivity contribution < 1.29 is 14.9 Å².